The van der Waals surface area contributed by atoms with Gasteiger partial charge < -0.3 is 10.5 Å². The molecule has 15 heavy (non-hydrogen) atoms. The summed E-state index contributed by atoms with van der Waals surface area (Å²) in [5.41, 5.74) is 8.69. The maximum atomic E-state index is 6.19. The van der Waals surface area contributed by atoms with Gasteiger partial charge in [-0.25, -0.2) is 0 Å². The second kappa shape index (κ2) is 4.23. The van der Waals surface area contributed by atoms with Crippen molar-refractivity contribution in [3.63, 3.8) is 0 Å². The smallest absolute Gasteiger partial charge is 0.119 e. The standard InChI is InChI=1S/C13H19NO/c1-9-7-11(15-2)5-6-12(9)13(14)8-10-3-4-10/h5-7,10,13H,3-4,8,14H2,1-2H3/t13-/m0/s1. The van der Waals surface area contributed by atoms with Gasteiger partial charge in [0.05, 0.1) is 7.11 Å². The van der Waals surface area contributed by atoms with Gasteiger partial charge in [0, 0.05) is 6.04 Å². The van der Waals surface area contributed by atoms with Crippen LogP contribution in [0.3, 0.4) is 0 Å². The minimum absolute atomic E-state index is 0.198. The monoisotopic (exact) mass is 205 g/mol. The van der Waals surface area contributed by atoms with E-state index in [0.717, 1.165) is 18.1 Å². The van der Waals surface area contributed by atoms with Gasteiger partial charge in [-0.15, -0.1) is 0 Å². The summed E-state index contributed by atoms with van der Waals surface area (Å²) in [6.45, 7) is 2.10. The molecule has 1 fully saturated rings. The molecule has 0 aliphatic heterocycles. The van der Waals surface area contributed by atoms with Crippen molar-refractivity contribution in [2.45, 2.75) is 32.2 Å². The number of ether oxygens (including phenoxy) is 1. The Morgan fingerprint density at radius 1 is 1.47 bits per heavy atom. The average molecular weight is 205 g/mol. The molecule has 0 radical (unpaired) electrons. The van der Waals surface area contributed by atoms with Gasteiger partial charge in [0.25, 0.3) is 0 Å². The van der Waals surface area contributed by atoms with Gasteiger partial charge in [-0.3, -0.25) is 0 Å². The SMILES string of the molecule is COc1ccc([C@@H](N)CC2CC2)c(C)c1. The third-order valence-corrected chi connectivity index (χ3v) is 3.16. The Morgan fingerprint density at radius 3 is 2.73 bits per heavy atom. The van der Waals surface area contributed by atoms with Crippen molar-refractivity contribution < 1.29 is 4.74 Å². The molecule has 82 valence electrons. The van der Waals surface area contributed by atoms with Crippen molar-refractivity contribution in [2.24, 2.45) is 11.7 Å². The van der Waals surface area contributed by atoms with Gasteiger partial charge in [0.2, 0.25) is 0 Å². The Labute approximate surface area is 91.4 Å². The number of methoxy groups -OCH3 is 1. The van der Waals surface area contributed by atoms with E-state index in [1.807, 2.05) is 6.07 Å². The van der Waals surface area contributed by atoms with E-state index < -0.39 is 0 Å². The molecular weight excluding hydrogens is 186 g/mol. The lowest BCUT2D eigenvalue weighted by atomic mass is 9.97. The number of aryl methyl sites for hydroxylation is 1. The molecule has 1 atom stereocenters. The van der Waals surface area contributed by atoms with Crippen LogP contribution in [0.4, 0.5) is 0 Å². The molecule has 2 rings (SSSR count). The van der Waals surface area contributed by atoms with Crippen LogP contribution in [0.25, 0.3) is 0 Å². The first-order valence-electron chi connectivity index (χ1n) is 5.61. The second-order valence-corrected chi connectivity index (χ2v) is 4.51. The molecule has 0 bridgehead atoms. The molecule has 0 spiro atoms. The summed E-state index contributed by atoms with van der Waals surface area (Å²) < 4.78 is 5.18. The maximum absolute atomic E-state index is 6.19. The van der Waals surface area contributed by atoms with Crippen LogP contribution in [0.5, 0.6) is 5.75 Å². The number of rotatable bonds is 4. The van der Waals surface area contributed by atoms with Crippen LogP contribution in [0.1, 0.15) is 36.4 Å². The summed E-state index contributed by atoms with van der Waals surface area (Å²) in [6.07, 6.45) is 3.86. The summed E-state index contributed by atoms with van der Waals surface area (Å²) >= 11 is 0. The molecule has 0 saturated heterocycles. The van der Waals surface area contributed by atoms with Crippen LogP contribution < -0.4 is 10.5 Å². The third kappa shape index (κ3) is 2.51. The zero-order valence-corrected chi connectivity index (χ0v) is 9.49. The lowest BCUT2D eigenvalue weighted by molar-refractivity contribution is 0.414. The summed E-state index contributed by atoms with van der Waals surface area (Å²) in [5.74, 6) is 1.79. The summed E-state index contributed by atoms with van der Waals surface area (Å²) in [5, 5.41) is 0. The van der Waals surface area contributed by atoms with E-state index >= 15 is 0 Å². The van der Waals surface area contributed by atoms with Crippen LogP contribution in [0, 0.1) is 12.8 Å². The fourth-order valence-electron chi connectivity index (χ4n) is 2.03. The van der Waals surface area contributed by atoms with Crippen molar-refractivity contribution in [2.75, 3.05) is 7.11 Å². The highest BCUT2D eigenvalue weighted by Gasteiger charge is 2.24. The third-order valence-electron chi connectivity index (χ3n) is 3.16. The highest BCUT2D eigenvalue weighted by Crippen LogP contribution is 2.37. The first-order chi connectivity index (χ1) is 7.20. The topological polar surface area (TPSA) is 35.2 Å². The minimum atomic E-state index is 0.198. The van der Waals surface area contributed by atoms with E-state index in [4.69, 9.17) is 10.5 Å². The molecule has 0 heterocycles. The molecule has 1 aromatic carbocycles. The van der Waals surface area contributed by atoms with Gasteiger partial charge in [0.15, 0.2) is 0 Å². The molecule has 0 aromatic heterocycles. The predicted octanol–water partition coefficient (Wildman–Crippen LogP) is 2.80. The van der Waals surface area contributed by atoms with Crippen LogP contribution in [0.2, 0.25) is 0 Å². The van der Waals surface area contributed by atoms with E-state index in [0.29, 0.717) is 0 Å². The van der Waals surface area contributed by atoms with Crippen molar-refractivity contribution >= 4 is 0 Å². The second-order valence-electron chi connectivity index (χ2n) is 4.51. The van der Waals surface area contributed by atoms with Crippen LogP contribution >= 0.6 is 0 Å². The first kappa shape index (κ1) is 10.5. The molecule has 2 heteroatoms. The van der Waals surface area contributed by atoms with Crippen LogP contribution in [-0.2, 0) is 0 Å². The number of nitrogens with two attached hydrogens (primary N) is 1. The van der Waals surface area contributed by atoms with Crippen molar-refractivity contribution in [1.82, 2.24) is 0 Å². The average Bonchev–Trinajstić information content (AvgIpc) is 3.01. The predicted molar refractivity (Wildman–Crippen MR) is 62.0 cm³/mol. The Kier molecular flexibility index (Phi) is 2.96. The molecule has 1 aromatic rings. The highest BCUT2D eigenvalue weighted by atomic mass is 16.5. The normalized spacial score (nSPS) is 17.5. The van der Waals surface area contributed by atoms with Crippen molar-refractivity contribution in [1.29, 1.82) is 0 Å². The number of hydrogen-bond acceptors (Lipinski definition) is 2. The Morgan fingerprint density at radius 2 is 2.20 bits per heavy atom. The first-order valence-corrected chi connectivity index (χ1v) is 5.61. The van der Waals surface area contributed by atoms with Gasteiger partial charge in [-0.05, 0) is 42.5 Å². The Hall–Kier alpha value is -1.02. The Bertz CT molecular complexity index is 344. The lowest BCUT2D eigenvalue weighted by Gasteiger charge is -2.15. The fraction of sp³-hybridized carbons (Fsp3) is 0.538. The molecule has 2 nitrogen and oxygen atoms in total. The summed E-state index contributed by atoms with van der Waals surface area (Å²) in [7, 11) is 1.69. The lowest BCUT2D eigenvalue weighted by Crippen LogP contribution is -2.12. The zero-order valence-electron chi connectivity index (χ0n) is 9.49. The summed E-state index contributed by atoms with van der Waals surface area (Å²) in [6, 6.07) is 6.35. The molecule has 2 N–H and O–H groups in total. The summed E-state index contributed by atoms with van der Waals surface area (Å²) in [4.78, 5) is 0. The molecule has 0 amide bonds. The fourth-order valence-corrected chi connectivity index (χ4v) is 2.03. The molecule has 1 aliphatic rings. The quantitative estimate of drug-likeness (QED) is 0.820. The largest absolute Gasteiger partial charge is 0.497 e. The molecule has 1 aliphatic carbocycles. The van der Waals surface area contributed by atoms with E-state index in [2.05, 4.69) is 19.1 Å². The highest BCUT2D eigenvalue weighted by molar-refractivity contribution is 5.36. The van der Waals surface area contributed by atoms with Gasteiger partial charge in [-0.2, -0.15) is 0 Å². The van der Waals surface area contributed by atoms with Crippen molar-refractivity contribution in [3.05, 3.63) is 29.3 Å². The van der Waals surface area contributed by atoms with Gasteiger partial charge >= 0.3 is 0 Å². The number of benzene rings is 1. The Balaban J connectivity index is 2.11. The van der Waals surface area contributed by atoms with E-state index in [1.54, 1.807) is 7.11 Å². The van der Waals surface area contributed by atoms with Crippen LogP contribution in [-0.4, -0.2) is 7.11 Å². The molecular formula is C13H19NO. The van der Waals surface area contributed by atoms with Gasteiger partial charge in [0.1, 0.15) is 5.75 Å². The van der Waals surface area contributed by atoms with Gasteiger partial charge in [-0.1, -0.05) is 18.9 Å². The van der Waals surface area contributed by atoms with E-state index in [1.165, 1.54) is 24.0 Å². The van der Waals surface area contributed by atoms with E-state index in [9.17, 15) is 0 Å². The van der Waals surface area contributed by atoms with Crippen LogP contribution in [0.15, 0.2) is 18.2 Å². The molecule has 0 unspecified atom stereocenters. The molecule has 1 saturated carbocycles. The zero-order chi connectivity index (χ0) is 10.8. The van der Waals surface area contributed by atoms with E-state index in [-0.39, 0.29) is 6.04 Å². The number of hydrogen-bond donors (Lipinski definition) is 1. The maximum Gasteiger partial charge on any atom is 0.119 e. The minimum Gasteiger partial charge on any atom is -0.497 e. The van der Waals surface area contributed by atoms with Crippen molar-refractivity contribution in [3.8, 4) is 5.75 Å².